The van der Waals surface area contributed by atoms with Gasteiger partial charge in [-0.1, -0.05) is 25.5 Å². The second kappa shape index (κ2) is 11.7. The Morgan fingerprint density at radius 3 is 2.74 bits per heavy atom. The number of aromatic nitrogens is 1. The minimum absolute atomic E-state index is 0.218. The maximum absolute atomic E-state index is 13.0. The van der Waals surface area contributed by atoms with Crippen LogP contribution in [0.1, 0.15) is 48.7 Å². The Kier molecular flexibility index (Phi) is 8.14. The van der Waals surface area contributed by atoms with Crippen molar-refractivity contribution in [1.29, 1.82) is 0 Å². The largest absolute Gasteiger partial charge is 0.487 e. The van der Waals surface area contributed by atoms with Gasteiger partial charge in [-0.2, -0.15) is 0 Å². The molecule has 2 N–H and O–H groups in total. The lowest BCUT2D eigenvalue weighted by atomic mass is 10.1. The van der Waals surface area contributed by atoms with E-state index in [0.29, 0.717) is 24.3 Å². The normalized spacial score (nSPS) is 14.0. The van der Waals surface area contributed by atoms with E-state index in [2.05, 4.69) is 26.6 Å². The molecule has 2 aromatic carbocycles. The summed E-state index contributed by atoms with van der Waals surface area (Å²) in [5.41, 5.74) is 4.89. The summed E-state index contributed by atoms with van der Waals surface area (Å²) in [6, 6.07) is 14.2. The van der Waals surface area contributed by atoms with Gasteiger partial charge in [-0.05, 0) is 55.7 Å². The molecular formula is C26H30N4O3S. The summed E-state index contributed by atoms with van der Waals surface area (Å²) >= 11 is 1.51. The van der Waals surface area contributed by atoms with Gasteiger partial charge >= 0.3 is 0 Å². The fourth-order valence-corrected chi connectivity index (χ4v) is 4.52. The Morgan fingerprint density at radius 1 is 1.15 bits per heavy atom. The van der Waals surface area contributed by atoms with Gasteiger partial charge in [-0.3, -0.25) is 9.59 Å². The van der Waals surface area contributed by atoms with E-state index in [1.54, 1.807) is 29.8 Å². The molecule has 1 saturated heterocycles. The third kappa shape index (κ3) is 6.35. The molecule has 2 heterocycles. The first-order valence-corrected chi connectivity index (χ1v) is 12.6. The van der Waals surface area contributed by atoms with Crippen molar-refractivity contribution in [2.24, 2.45) is 0 Å². The second-order valence-electron chi connectivity index (χ2n) is 8.34. The van der Waals surface area contributed by atoms with Gasteiger partial charge < -0.3 is 20.3 Å². The number of hydrogen-bond acceptors (Lipinski definition) is 6. The van der Waals surface area contributed by atoms with Crippen molar-refractivity contribution < 1.29 is 14.3 Å². The SMILES string of the molecule is CCCC(NC(=O)c1cccc(OCc2cscn2)c1)C(=O)Nc1cccc(N2CCCC2)c1. The predicted molar refractivity (Wildman–Crippen MR) is 136 cm³/mol. The number of nitrogens with zero attached hydrogens (tertiary/aromatic N) is 2. The van der Waals surface area contributed by atoms with Gasteiger partial charge in [0, 0.05) is 35.4 Å². The van der Waals surface area contributed by atoms with Gasteiger partial charge in [0.25, 0.3) is 5.91 Å². The highest BCUT2D eigenvalue weighted by Gasteiger charge is 2.22. The molecule has 2 amide bonds. The molecule has 34 heavy (non-hydrogen) atoms. The van der Waals surface area contributed by atoms with Crippen LogP contribution in [0.3, 0.4) is 0 Å². The van der Waals surface area contributed by atoms with Gasteiger partial charge in [-0.25, -0.2) is 4.98 Å². The van der Waals surface area contributed by atoms with Crippen LogP contribution in [0.25, 0.3) is 0 Å². The zero-order chi connectivity index (χ0) is 23.8. The van der Waals surface area contributed by atoms with E-state index in [1.807, 2.05) is 30.5 Å². The fraction of sp³-hybridized carbons (Fsp3) is 0.346. The highest BCUT2D eigenvalue weighted by molar-refractivity contribution is 7.07. The maximum atomic E-state index is 13.0. The van der Waals surface area contributed by atoms with E-state index >= 15 is 0 Å². The molecule has 0 radical (unpaired) electrons. The highest BCUT2D eigenvalue weighted by atomic mass is 32.1. The molecular weight excluding hydrogens is 448 g/mol. The van der Waals surface area contributed by atoms with Crippen molar-refractivity contribution in [3.8, 4) is 5.75 Å². The molecule has 1 unspecified atom stereocenters. The van der Waals surface area contributed by atoms with Crippen molar-refractivity contribution in [3.63, 3.8) is 0 Å². The number of amides is 2. The Bertz CT molecular complexity index is 1100. The molecule has 0 aliphatic carbocycles. The van der Waals surface area contributed by atoms with Crippen LogP contribution in [-0.2, 0) is 11.4 Å². The first-order chi connectivity index (χ1) is 16.6. The average Bonchev–Trinajstić information content (AvgIpc) is 3.57. The number of anilines is 2. The van der Waals surface area contributed by atoms with Crippen molar-refractivity contribution in [2.75, 3.05) is 23.3 Å². The molecule has 1 fully saturated rings. The van der Waals surface area contributed by atoms with E-state index < -0.39 is 6.04 Å². The number of thiazole rings is 1. The van der Waals surface area contributed by atoms with E-state index in [1.165, 1.54) is 24.2 Å². The number of hydrogen-bond donors (Lipinski definition) is 2. The van der Waals surface area contributed by atoms with Crippen LogP contribution in [0.15, 0.2) is 59.4 Å². The van der Waals surface area contributed by atoms with Crippen molar-refractivity contribution in [1.82, 2.24) is 10.3 Å². The molecule has 8 heteroatoms. The predicted octanol–water partition coefficient (Wildman–Crippen LogP) is 4.86. The van der Waals surface area contributed by atoms with Crippen LogP contribution in [0.2, 0.25) is 0 Å². The zero-order valence-corrected chi connectivity index (χ0v) is 20.1. The van der Waals surface area contributed by atoms with Gasteiger partial charge in [0.15, 0.2) is 0 Å². The zero-order valence-electron chi connectivity index (χ0n) is 19.3. The number of rotatable bonds is 10. The van der Waals surface area contributed by atoms with E-state index in [9.17, 15) is 9.59 Å². The number of nitrogens with one attached hydrogen (secondary N) is 2. The quantitative estimate of drug-likeness (QED) is 0.435. The summed E-state index contributed by atoms with van der Waals surface area (Å²) in [4.78, 5) is 32.5. The minimum Gasteiger partial charge on any atom is -0.487 e. The first kappa shape index (κ1) is 23.8. The molecule has 1 atom stereocenters. The molecule has 1 aromatic heterocycles. The monoisotopic (exact) mass is 478 g/mol. The summed E-state index contributed by atoms with van der Waals surface area (Å²) in [5, 5.41) is 7.80. The van der Waals surface area contributed by atoms with Gasteiger partial charge in [0.05, 0.1) is 11.2 Å². The molecule has 7 nitrogen and oxygen atoms in total. The van der Waals surface area contributed by atoms with Gasteiger partial charge in [-0.15, -0.1) is 11.3 Å². The molecule has 1 aliphatic rings. The van der Waals surface area contributed by atoms with Gasteiger partial charge in [0.2, 0.25) is 5.91 Å². The lowest BCUT2D eigenvalue weighted by Crippen LogP contribution is -2.43. The first-order valence-electron chi connectivity index (χ1n) is 11.7. The summed E-state index contributed by atoms with van der Waals surface area (Å²) in [6.45, 7) is 4.41. The topological polar surface area (TPSA) is 83.6 Å². The van der Waals surface area contributed by atoms with E-state index in [4.69, 9.17) is 4.74 Å². The molecule has 0 saturated carbocycles. The molecule has 0 bridgehead atoms. The van der Waals surface area contributed by atoms with Crippen LogP contribution in [0, 0.1) is 0 Å². The van der Waals surface area contributed by atoms with Crippen LogP contribution in [0.5, 0.6) is 5.75 Å². The van der Waals surface area contributed by atoms with Crippen molar-refractivity contribution in [2.45, 2.75) is 45.3 Å². The smallest absolute Gasteiger partial charge is 0.252 e. The standard InChI is InChI=1S/C26H30N4O3S/c1-2-7-24(26(32)28-20-9-6-10-22(15-20)30-12-3-4-13-30)29-25(31)19-8-5-11-23(14-19)33-16-21-17-34-18-27-21/h5-6,8-11,14-15,17-18,24H,2-4,7,12-13,16H2,1H3,(H,28,32)(H,29,31). The third-order valence-corrected chi connectivity index (χ3v) is 6.39. The van der Waals surface area contributed by atoms with E-state index in [-0.39, 0.29) is 11.8 Å². The molecule has 1 aliphatic heterocycles. The number of carbonyl (C=O) groups excluding carboxylic acids is 2. The summed E-state index contributed by atoms with van der Waals surface area (Å²) in [6.07, 6.45) is 3.70. The van der Waals surface area contributed by atoms with E-state index in [0.717, 1.165) is 36.6 Å². The van der Waals surface area contributed by atoms with Crippen LogP contribution < -0.4 is 20.3 Å². The van der Waals surface area contributed by atoms with Crippen LogP contribution in [0.4, 0.5) is 11.4 Å². The van der Waals surface area contributed by atoms with Crippen LogP contribution >= 0.6 is 11.3 Å². The molecule has 3 aromatic rings. The minimum atomic E-state index is -0.632. The Hall–Kier alpha value is -3.39. The number of carbonyl (C=O) groups is 2. The van der Waals surface area contributed by atoms with Crippen molar-refractivity contribution in [3.05, 3.63) is 70.7 Å². The Morgan fingerprint density at radius 2 is 1.97 bits per heavy atom. The number of benzene rings is 2. The average molecular weight is 479 g/mol. The summed E-state index contributed by atoms with van der Waals surface area (Å²) in [7, 11) is 0. The highest BCUT2D eigenvalue weighted by Crippen LogP contribution is 2.23. The van der Waals surface area contributed by atoms with Crippen LogP contribution in [-0.4, -0.2) is 35.9 Å². The summed E-state index contributed by atoms with van der Waals surface area (Å²) < 4.78 is 5.75. The maximum Gasteiger partial charge on any atom is 0.252 e. The second-order valence-corrected chi connectivity index (χ2v) is 9.06. The molecule has 0 spiro atoms. The Labute approximate surface area is 204 Å². The summed E-state index contributed by atoms with van der Waals surface area (Å²) in [5.74, 6) is 0.0547. The molecule has 4 rings (SSSR count). The lowest BCUT2D eigenvalue weighted by molar-refractivity contribution is -0.118. The molecule has 178 valence electrons. The lowest BCUT2D eigenvalue weighted by Gasteiger charge is -2.20. The van der Waals surface area contributed by atoms with Gasteiger partial charge in [0.1, 0.15) is 18.4 Å². The fourth-order valence-electron chi connectivity index (χ4n) is 3.98. The van der Waals surface area contributed by atoms with Crippen molar-refractivity contribution >= 4 is 34.5 Å². The Balaban J connectivity index is 1.38. The third-order valence-electron chi connectivity index (χ3n) is 5.75. The number of ether oxygens (including phenoxy) is 1.